The van der Waals surface area contributed by atoms with Crippen LogP contribution in [0.25, 0.3) is 0 Å². The van der Waals surface area contributed by atoms with Gasteiger partial charge in [0, 0.05) is 24.8 Å². The van der Waals surface area contributed by atoms with Crippen LogP contribution in [0.2, 0.25) is 0 Å². The van der Waals surface area contributed by atoms with Crippen molar-refractivity contribution in [3.63, 3.8) is 0 Å². The van der Waals surface area contributed by atoms with Crippen molar-refractivity contribution in [3.05, 3.63) is 77.5 Å². The number of nitrogens with two attached hydrogens (primary N) is 1. The molecule has 0 radical (unpaired) electrons. The van der Waals surface area contributed by atoms with Crippen molar-refractivity contribution < 1.29 is 0 Å². The second-order valence-electron chi connectivity index (χ2n) is 6.26. The Morgan fingerprint density at radius 2 is 1.76 bits per heavy atom. The molecule has 0 bridgehead atoms. The van der Waals surface area contributed by atoms with Gasteiger partial charge in [-0.2, -0.15) is 4.98 Å². The van der Waals surface area contributed by atoms with Gasteiger partial charge in [-0.05, 0) is 37.2 Å². The summed E-state index contributed by atoms with van der Waals surface area (Å²) in [6.45, 7) is 3.61. The quantitative estimate of drug-likeness (QED) is 0.719. The summed E-state index contributed by atoms with van der Waals surface area (Å²) >= 11 is 0. The summed E-state index contributed by atoms with van der Waals surface area (Å²) in [4.78, 5) is 10.8. The third kappa shape index (κ3) is 5.02. The minimum absolute atomic E-state index is 0.278. The van der Waals surface area contributed by atoms with E-state index in [4.69, 9.17) is 5.73 Å². The molecule has 0 aliphatic carbocycles. The standard InChI is InChI=1S/C20H23N5/c1-15-7-6-10-17(11-15)22-19-12-18(23-20(21)24-19)14-25(2)13-16-8-4-3-5-9-16/h3-12H,13-14H2,1-2H3,(H3,21,22,23,24). The monoisotopic (exact) mass is 333 g/mol. The van der Waals surface area contributed by atoms with Crippen molar-refractivity contribution in [1.82, 2.24) is 14.9 Å². The molecule has 0 fully saturated rings. The summed E-state index contributed by atoms with van der Waals surface area (Å²) in [5.41, 5.74) is 10.2. The third-order valence-electron chi connectivity index (χ3n) is 3.81. The first-order valence-electron chi connectivity index (χ1n) is 8.28. The van der Waals surface area contributed by atoms with Crippen molar-refractivity contribution in [2.24, 2.45) is 0 Å². The van der Waals surface area contributed by atoms with E-state index >= 15 is 0 Å². The molecule has 2 aromatic carbocycles. The van der Waals surface area contributed by atoms with E-state index in [9.17, 15) is 0 Å². The van der Waals surface area contributed by atoms with Gasteiger partial charge >= 0.3 is 0 Å². The van der Waals surface area contributed by atoms with Crippen molar-refractivity contribution in [1.29, 1.82) is 0 Å². The normalized spacial score (nSPS) is 10.8. The van der Waals surface area contributed by atoms with Crippen LogP contribution >= 0.6 is 0 Å². The van der Waals surface area contributed by atoms with E-state index in [1.807, 2.05) is 24.3 Å². The van der Waals surface area contributed by atoms with Crippen LogP contribution in [-0.4, -0.2) is 21.9 Å². The van der Waals surface area contributed by atoms with Crippen LogP contribution in [0.1, 0.15) is 16.8 Å². The fourth-order valence-electron chi connectivity index (χ4n) is 2.76. The molecule has 0 atom stereocenters. The third-order valence-corrected chi connectivity index (χ3v) is 3.81. The van der Waals surface area contributed by atoms with Crippen LogP contribution in [0.4, 0.5) is 17.5 Å². The number of benzene rings is 2. The molecule has 5 heteroatoms. The van der Waals surface area contributed by atoms with E-state index < -0.39 is 0 Å². The highest BCUT2D eigenvalue weighted by atomic mass is 15.1. The van der Waals surface area contributed by atoms with E-state index in [2.05, 4.69) is 70.6 Å². The average molecular weight is 333 g/mol. The maximum absolute atomic E-state index is 5.89. The molecule has 3 aromatic rings. The molecule has 0 spiro atoms. The minimum atomic E-state index is 0.278. The summed E-state index contributed by atoms with van der Waals surface area (Å²) in [6, 6.07) is 20.5. The Balaban J connectivity index is 1.70. The van der Waals surface area contributed by atoms with Crippen LogP contribution < -0.4 is 11.1 Å². The fraction of sp³-hybridized carbons (Fsp3) is 0.200. The van der Waals surface area contributed by atoms with E-state index in [0.29, 0.717) is 12.4 Å². The zero-order valence-electron chi connectivity index (χ0n) is 14.6. The van der Waals surface area contributed by atoms with Gasteiger partial charge < -0.3 is 11.1 Å². The maximum atomic E-state index is 5.89. The Kier molecular flexibility index (Phi) is 5.26. The van der Waals surface area contributed by atoms with Crippen LogP contribution in [0.3, 0.4) is 0 Å². The van der Waals surface area contributed by atoms with E-state index in [0.717, 1.165) is 17.9 Å². The summed E-state index contributed by atoms with van der Waals surface area (Å²) in [5, 5.41) is 3.30. The van der Waals surface area contributed by atoms with Crippen molar-refractivity contribution in [2.45, 2.75) is 20.0 Å². The van der Waals surface area contributed by atoms with Gasteiger partial charge in [0.2, 0.25) is 5.95 Å². The topological polar surface area (TPSA) is 67.1 Å². The zero-order valence-corrected chi connectivity index (χ0v) is 14.6. The summed E-state index contributed by atoms with van der Waals surface area (Å²) in [6.07, 6.45) is 0. The Morgan fingerprint density at radius 1 is 0.960 bits per heavy atom. The maximum Gasteiger partial charge on any atom is 0.222 e. The summed E-state index contributed by atoms with van der Waals surface area (Å²) in [5.74, 6) is 0.988. The molecule has 25 heavy (non-hydrogen) atoms. The Bertz CT molecular complexity index is 832. The van der Waals surface area contributed by atoms with E-state index in [-0.39, 0.29) is 5.95 Å². The molecule has 3 rings (SSSR count). The molecule has 0 saturated carbocycles. The molecular weight excluding hydrogens is 310 g/mol. The largest absolute Gasteiger partial charge is 0.368 e. The lowest BCUT2D eigenvalue weighted by atomic mass is 10.2. The van der Waals surface area contributed by atoms with E-state index in [1.54, 1.807) is 0 Å². The fourth-order valence-corrected chi connectivity index (χ4v) is 2.76. The van der Waals surface area contributed by atoms with Gasteiger partial charge in [-0.3, -0.25) is 4.90 Å². The highest BCUT2D eigenvalue weighted by molar-refractivity contribution is 5.58. The number of nitrogens with zero attached hydrogens (tertiary/aromatic N) is 3. The first-order valence-corrected chi connectivity index (χ1v) is 8.28. The van der Waals surface area contributed by atoms with Crippen molar-refractivity contribution in [3.8, 4) is 0 Å². The second-order valence-corrected chi connectivity index (χ2v) is 6.26. The number of hydrogen-bond acceptors (Lipinski definition) is 5. The summed E-state index contributed by atoms with van der Waals surface area (Å²) in [7, 11) is 2.07. The average Bonchev–Trinajstić information content (AvgIpc) is 2.55. The predicted molar refractivity (Wildman–Crippen MR) is 103 cm³/mol. The number of aryl methyl sites for hydroxylation is 1. The number of hydrogen-bond donors (Lipinski definition) is 2. The van der Waals surface area contributed by atoms with Crippen molar-refractivity contribution in [2.75, 3.05) is 18.1 Å². The Labute approximate surface area is 148 Å². The van der Waals surface area contributed by atoms with E-state index in [1.165, 1.54) is 11.1 Å². The van der Waals surface area contributed by atoms with Gasteiger partial charge in [0.25, 0.3) is 0 Å². The Morgan fingerprint density at radius 3 is 2.52 bits per heavy atom. The summed E-state index contributed by atoms with van der Waals surface area (Å²) < 4.78 is 0. The van der Waals surface area contributed by atoms with Gasteiger partial charge in [-0.1, -0.05) is 42.5 Å². The van der Waals surface area contributed by atoms with Crippen LogP contribution in [-0.2, 0) is 13.1 Å². The SMILES string of the molecule is Cc1cccc(Nc2cc(CN(C)Cc3ccccc3)nc(N)n2)c1. The number of anilines is 3. The highest BCUT2D eigenvalue weighted by Crippen LogP contribution is 2.18. The number of nitrogen functional groups attached to an aromatic ring is 1. The molecular formula is C20H23N5. The molecule has 128 valence electrons. The van der Waals surface area contributed by atoms with Gasteiger partial charge in [0.05, 0.1) is 5.69 Å². The smallest absolute Gasteiger partial charge is 0.222 e. The van der Waals surface area contributed by atoms with Gasteiger partial charge in [-0.25, -0.2) is 4.98 Å². The first-order chi connectivity index (χ1) is 12.1. The predicted octanol–water partition coefficient (Wildman–Crippen LogP) is 3.74. The molecule has 1 heterocycles. The molecule has 0 unspecified atom stereocenters. The zero-order chi connectivity index (χ0) is 17.6. The Hall–Kier alpha value is -2.92. The number of nitrogens with one attached hydrogen (secondary N) is 1. The minimum Gasteiger partial charge on any atom is -0.368 e. The van der Waals surface area contributed by atoms with Crippen LogP contribution in [0.5, 0.6) is 0 Å². The van der Waals surface area contributed by atoms with Crippen LogP contribution in [0, 0.1) is 6.92 Å². The lowest BCUT2D eigenvalue weighted by Crippen LogP contribution is -2.18. The molecule has 3 N–H and O–H groups in total. The molecule has 5 nitrogen and oxygen atoms in total. The second kappa shape index (κ2) is 7.77. The van der Waals surface area contributed by atoms with Gasteiger partial charge in [0.1, 0.15) is 5.82 Å². The molecule has 1 aromatic heterocycles. The molecule has 0 aliphatic heterocycles. The molecule has 0 amide bonds. The molecule has 0 saturated heterocycles. The van der Waals surface area contributed by atoms with Crippen LogP contribution in [0.15, 0.2) is 60.7 Å². The molecule has 0 aliphatic rings. The first kappa shape index (κ1) is 16.9. The van der Waals surface area contributed by atoms with Crippen molar-refractivity contribution >= 4 is 17.5 Å². The highest BCUT2D eigenvalue weighted by Gasteiger charge is 2.07. The lowest BCUT2D eigenvalue weighted by molar-refractivity contribution is 0.315. The number of rotatable bonds is 6. The number of aromatic nitrogens is 2. The van der Waals surface area contributed by atoms with Gasteiger partial charge in [-0.15, -0.1) is 0 Å². The van der Waals surface area contributed by atoms with Gasteiger partial charge in [0.15, 0.2) is 0 Å². The lowest BCUT2D eigenvalue weighted by Gasteiger charge is -2.17.